The van der Waals surface area contributed by atoms with Gasteiger partial charge in [-0.25, -0.2) is 4.79 Å². The highest BCUT2D eigenvalue weighted by Crippen LogP contribution is 2.28. The molecule has 1 aromatic heterocycles. The van der Waals surface area contributed by atoms with E-state index in [9.17, 15) is 14.7 Å². The molecule has 0 saturated carbocycles. The van der Waals surface area contributed by atoms with Crippen LogP contribution in [0, 0.1) is 0 Å². The minimum absolute atomic E-state index is 0.0703. The van der Waals surface area contributed by atoms with Crippen LogP contribution in [-0.4, -0.2) is 27.2 Å². The lowest BCUT2D eigenvalue weighted by Gasteiger charge is -2.13. The van der Waals surface area contributed by atoms with Gasteiger partial charge in [0.05, 0.1) is 12.5 Å². The Bertz CT molecular complexity index is 1670. The first-order valence-corrected chi connectivity index (χ1v) is 12.5. The van der Waals surface area contributed by atoms with Crippen molar-refractivity contribution in [2.24, 2.45) is 11.5 Å². The first-order valence-electron chi connectivity index (χ1n) is 12.5. The van der Waals surface area contributed by atoms with Crippen molar-refractivity contribution in [2.45, 2.75) is 25.5 Å². The summed E-state index contributed by atoms with van der Waals surface area (Å²) in [6.45, 7) is 0.210. The SMILES string of the molecule is NC(=O)NC(=O)Cc1cc2ccccc2cc1OCc1cccc(-c2noc(C(N)Cc3ccc(O)cc3)n2)c1. The summed E-state index contributed by atoms with van der Waals surface area (Å²) < 4.78 is 11.6. The number of nitrogens with two attached hydrogens (primary N) is 2. The Kier molecular flexibility index (Phi) is 7.70. The van der Waals surface area contributed by atoms with Gasteiger partial charge in [0.15, 0.2) is 0 Å². The minimum atomic E-state index is -0.906. The topological polar surface area (TPSA) is 167 Å². The highest BCUT2D eigenvalue weighted by Gasteiger charge is 2.17. The number of hydrogen-bond acceptors (Lipinski definition) is 8. The number of amides is 3. The molecule has 0 aliphatic rings. The Labute approximate surface area is 229 Å². The Morgan fingerprint density at radius 1 is 0.950 bits per heavy atom. The van der Waals surface area contributed by atoms with Crippen LogP contribution in [0.3, 0.4) is 0 Å². The van der Waals surface area contributed by atoms with Gasteiger partial charge in [0.2, 0.25) is 17.6 Å². The fourth-order valence-corrected chi connectivity index (χ4v) is 4.33. The zero-order valence-corrected chi connectivity index (χ0v) is 21.4. The molecule has 40 heavy (non-hydrogen) atoms. The van der Waals surface area contributed by atoms with Crippen molar-refractivity contribution in [3.63, 3.8) is 0 Å². The minimum Gasteiger partial charge on any atom is -0.508 e. The van der Waals surface area contributed by atoms with Crippen molar-refractivity contribution >= 4 is 22.7 Å². The molecule has 1 unspecified atom stereocenters. The molecule has 0 spiro atoms. The van der Waals surface area contributed by atoms with E-state index in [1.807, 2.05) is 60.7 Å². The largest absolute Gasteiger partial charge is 0.508 e. The number of rotatable bonds is 9. The Morgan fingerprint density at radius 2 is 1.70 bits per heavy atom. The number of phenolic OH excluding ortho intramolecular Hbond substituents is 1. The number of hydrogen-bond donors (Lipinski definition) is 4. The molecule has 202 valence electrons. The summed E-state index contributed by atoms with van der Waals surface area (Å²) in [6, 6.07) is 24.4. The first kappa shape index (κ1) is 26.4. The van der Waals surface area contributed by atoms with E-state index < -0.39 is 18.0 Å². The van der Waals surface area contributed by atoms with Gasteiger partial charge < -0.3 is 25.8 Å². The van der Waals surface area contributed by atoms with Gasteiger partial charge in [-0.3, -0.25) is 10.1 Å². The average Bonchev–Trinajstić information content (AvgIpc) is 3.44. The number of carbonyl (C=O) groups is 2. The number of urea groups is 1. The van der Waals surface area contributed by atoms with Gasteiger partial charge in [-0.15, -0.1) is 0 Å². The zero-order chi connectivity index (χ0) is 28.1. The molecule has 1 heterocycles. The van der Waals surface area contributed by atoms with Crippen LogP contribution in [0.15, 0.2) is 89.5 Å². The van der Waals surface area contributed by atoms with E-state index in [1.54, 1.807) is 24.3 Å². The predicted octanol–water partition coefficient (Wildman–Crippen LogP) is 4.15. The van der Waals surface area contributed by atoms with Gasteiger partial charge >= 0.3 is 6.03 Å². The summed E-state index contributed by atoms with van der Waals surface area (Å²) in [7, 11) is 0. The maximum Gasteiger partial charge on any atom is 0.318 e. The standard InChI is InChI=1S/C30H27N5O5/c31-25(13-18-8-10-24(36)11-9-18)29-34-28(35-40-29)22-7-3-4-19(12-22)17-39-26-15-21-6-2-1-5-20(21)14-23(26)16-27(37)33-30(32)38/h1-12,14-15,25,36H,13,16-17,31H2,(H3,32,33,37,38). The molecule has 5 aromatic rings. The molecule has 0 bridgehead atoms. The molecule has 0 aliphatic carbocycles. The molecular weight excluding hydrogens is 510 g/mol. The number of phenols is 1. The summed E-state index contributed by atoms with van der Waals surface area (Å²) in [4.78, 5) is 27.8. The molecule has 0 aliphatic heterocycles. The summed E-state index contributed by atoms with van der Waals surface area (Å²) in [5, 5.41) is 17.6. The average molecular weight is 538 g/mol. The van der Waals surface area contributed by atoms with E-state index in [0.717, 1.165) is 27.5 Å². The van der Waals surface area contributed by atoms with Gasteiger partial charge in [0.25, 0.3) is 0 Å². The van der Waals surface area contributed by atoms with Gasteiger partial charge in [0.1, 0.15) is 18.1 Å². The Hall–Kier alpha value is -5.22. The van der Waals surface area contributed by atoms with Crippen LogP contribution in [0.1, 0.15) is 28.6 Å². The van der Waals surface area contributed by atoms with Crippen LogP contribution >= 0.6 is 0 Å². The second-order valence-corrected chi connectivity index (χ2v) is 9.32. The van der Waals surface area contributed by atoms with E-state index >= 15 is 0 Å². The van der Waals surface area contributed by atoms with Crippen LogP contribution in [-0.2, 0) is 24.2 Å². The number of benzene rings is 4. The number of nitrogens with one attached hydrogen (secondary N) is 1. The highest BCUT2D eigenvalue weighted by atomic mass is 16.5. The molecular formula is C30H27N5O5. The molecule has 10 heteroatoms. The molecule has 6 N–H and O–H groups in total. The molecule has 1 atom stereocenters. The van der Waals surface area contributed by atoms with Crippen LogP contribution in [0.4, 0.5) is 4.79 Å². The lowest BCUT2D eigenvalue weighted by atomic mass is 10.0. The Balaban J connectivity index is 1.31. The number of ether oxygens (including phenoxy) is 1. The summed E-state index contributed by atoms with van der Waals surface area (Å²) in [5.74, 6) is 0.885. The van der Waals surface area contributed by atoms with E-state index in [4.69, 9.17) is 20.7 Å². The van der Waals surface area contributed by atoms with Crippen molar-refractivity contribution in [3.8, 4) is 22.9 Å². The molecule has 3 amide bonds. The number of imide groups is 1. The molecule has 5 rings (SSSR count). The normalized spacial score (nSPS) is 11.7. The van der Waals surface area contributed by atoms with Gasteiger partial charge in [0, 0.05) is 11.1 Å². The third-order valence-corrected chi connectivity index (χ3v) is 6.27. The number of carbonyl (C=O) groups excluding carboxylic acids is 2. The van der Waals surface area contributed by atoms with Gasteiger partial charge in [-0.1, -0.05) is 59.8 Å². The number of fused-ring (bicyclic) bond motifs is 1. The maximum atomic E-state index is 12.2. The van der Waals surface area contributed by atoms with Crippen molar-refractivity contribution in [2.75, 3.05) is 0 Å². The maximum absolute atomic E-state index is 12.2. The van der Waals surface area contributed by atoms with Crippen molar-refractivity contribution in [1.82, 2.24) is 15.5 Å². The molecule has 10 nitrogen and oxygen atoms in total. The van der Waals surface area contributed by atoms with E-state index in [1.165, 1.54) is 0 Å². The van der Waals surface area contributed by atoms with Crippen LogP contribution in [0.25, 0.3) is 22.2 Å². The second kappa shape index (κ2) is 11.7. The summed E-state index contributed by atoms with van der Waals surface area (Å²) in [5.41, 5.74) is 14.5. The lowest BCUT2D eigenvalue weighted by molar-refractivity contribution is -0.119. The summed E-state index contributed by atoms with van der Waals surface area (Å²) >= 11 is 0. The summed E-state index contributed by atoms with van der Waals surface area (Å²) in [6.07, 6.45) is 0.403. The first-order chi connectivity index (χ1) is 19.3. The number of aromatic nitrogens is 2. The van der Waals surface area contributed by atoms with Crippen LogP contribution in [0.2, 0.25) is 0 Å². The predicted molar refractivity (Wildman–Crippen MR) is 148 cm³/mol. The fraction of sp³-hybridized carbons (Fsp3) is 0.133. The molecule has 4 aromatic carbocycles. The smallest absolute Gasteiger partial charge is 0.318 e. The van der Waals surface area contributed by atoms with E-state index in [-0.39, 0.29) is 18.8 Å². The van der Waals surface area contributed by atoms with Gasteiger partial charge in [-0.05, 0) is 58.7 Å². The quantitative estimate of drug-likeness (QED) is 0.217. The lowest BCUT2D eigenvalue weighted by Crippen LogP contribution is -2.36. The monoisotopic (exact) mass is 537 g/mol. The van der Waals surface area contributed by atoms with Crippen molar-refractivity contribution in [1.29, 1.82) is 0 Å². The van der Waals surface area contributed by atoms with Crippen LogP contribution < -0.4 is 21.5 Å². The molecule has 0 saturated heterocycles. The van der Waals surface area contributed by atoms with Crippen LogP contribution in [0.5, 0.6) is 11.5 Å². The zero-order valence-electron chi connectivity index (χ0n) is 21.4. The highest BCUT2D eigenvalue weighted by molar-refractivity contribution is 5.95. The number of aromatic hydroxyl groups is 1. The number of nitrogens with zero attached hydrogens (tertiary/aromatic N) is 2. The van der Waals surface area contributed by atoms with Crippen molar-refractivity contribution < 1.29 is 24.0 Å². The Morgan fingerprint density at radius 3 is 2.45 bits per heavy atom. The second-order valence-electron chi connectivity index (χ2n) is 9.32. The molecule has 0 fully saturated rings. The van der Waals surface area contributed by atoms with E-state index in [0.29, 0.717) is 29.4 Å². The fourth-order valence-electron chi connectivity index (χ4n) is 4.33. The molecule has 0 radical (unpaired) electrons. The van der Waals surface area contributed by atoms with Gasteiger partial charge in [-0.2, -0.15) is 4.98 Å². The third-order valence-electron chi connectivity index (χ3n) is 6.27. The van der Waals surface area contributed by atoms with E-state index in [2.05, 4.69) is 15.5 Å². The number of primary amides is 1. The van der Waals surface area contributed by atoms with Crippen molar-refractivity contribution in [3.05, 3.63) is 108 Å². The third kappa shape index (κ3) is 6.43.